The summed E-state index contributed by atoms with van der Waals surface area (Å²) in [6.07, 6.45) is 2.13. The summed E-state index contributed by atoms with van der Waals surface area (Å²) in [7, 11) is 0. The molecule has 0 bridgehead atoms. The molecular weight excluding hydrogens is 369 g/mol. The van der Waals surface area contributed by atoms with Crippen molar-refractivity contribution < 1.29 is 4.79 Å². The molecule has 0 saturated carbocycles. The number of rotatable bonds is 5. The van der Waals surface area contributed by atoms with Crippen molar-refractivity contribution in [3.63, 3.8) is 0 Å². The molecule has 1 aliphatic rings. The topological polar surface area (TPSA) is 49.6 Å². The highest BCUT2D eigenvalue weighted by molar-refractivity contribution is 6.34. The Morgan fingerprint density at radius 3 is 2.33 bits per heavy atom. The van der Waals surface area contributed by atoms with E-state index in [1.54, 1.807) is 18.2 Å². The first-order chi connectivity index (χ1) is 10.5. The first-order valence-electron chi connectivity index (χ1n) is 8.11. The molecule has 1 aliphatic heterocycles. The van der Waals surface area contributed by atoms with Crippen LogP contribution in [0.15, 0.2) is 18.2 Å². The van der Waals surface area contributed by atoms with Gasteiger partial charge in [0.15, 0.2) is 0 Å². The normalized spacial score (nSPS) is 14.9. The smallest absolute Gasteiger partial charge is 0.255 e. The van der Waals surface area contributed by atoms with E-state index in [4.69, 9.17) is 17.3 Å². The summed E-state index contributed by atoms with van der Waals surface area (Å²) < 4.78 is 0. The van der Waals surface area contributed by atoms with Gasteiger partial charge in [-0.05, 0) is 50.0 Å². The summed E-state index contributed by atoms with van der Waals surface area (Å²) >= 11 is 6.14. The Morgan fingerprint density at radius 1 is 1.25 bits per heavy atom. The molecule has 1 aromatic carbocycles. The fourth-order valence-corrected chi connectivity index (χ4v) is 3.31. The van der Waals surface area contributed by atoms with Crippen LogP contribution < -0.4 is 5.73 Å². The largest absolute Gasteiger partial charge is 0.399 e. The van der Waals surface area contributed by atoms with Gasteiger partial charge in [0.1, 0.15) is 0 Å². The van der Waals surface area contributed by atoms with Crippen molar-refractivity contribution in [2.45, 2.75) is 26.7 Å². The van der Waals surface area contributed by atoms with Crippen LogP contribution in [-0.2, 0) is 0 Å². The van der Waals surface area contributed by atoms with E-state index in [-0.39, 0.29) is 30.7 Å². The molecule has 2 rings (SSSR count). The first kappa shape index (κ1) is 23.3. The number of piperidine rings is 1. The Labute approximate surface area is 162 Å². The van der Waals surface area contributed by atoms with Gasteiger partial charge in [0.05, 0.1) is 10.6 Å². The van der Waals surface area contributed by atoms with E-state index in [9.17, 15) is 4.79 Å². The lowest BCUT2D eigenvalue weighted by Gasteiger charge is -2.34. The van der Waals surface area contributed by atoms with E-state index in [0.717, 1.165) is 45.6 Å². The van der Waals surface area contributed by atoms with E-state index in [1.165, 1.54) is 0 Å². The standard InChI is InChI=1S/C17H26ClN3O.2ClH/c1-3-20(4-2)12-13-7-9-21(10-8-13)17(22)15-6-5-14(19)11-16(15)18;;/h5-6,11,13H,3-4,7-10,12,19H2,1-2H3;2*1H. The maximum atomic E-state index is 12.6. The molecule has 1 amide bonds. The predicted octanol–water partition coefficient (Wildman–Crippen LogP) is 3.96. The summed E-state index contributed by atoms with van der Waals surface area (Å²) in [5.74, 6) is 0.706. The molecule has 1 aromatic rings. The number of benzene rings is 1. The second-order valence-electron chi connectivity index (χ2n) is 5.96. The van der Waals surface area contributed by atoms with Gasteiger partial charge in [-0.2, -0.15) is 0 Å². The van der Waals surface area contributed by atoms with Crippen molar-refractivity contribution in [2.24, 2.45) is 5.92 Å². The van der Waals surface area contributed by atoms with Crippen molar-refractivity contribution in [3.8, 4) is 0 Å². The number of likely N-dealkylation sites (tertiary alicyclic amines) is 1. The van der Waals surface area contributed by atoms with Crippen LogP contribution in [0, 0.1) is 5.92 Å². The molecule has 7 heteroatoms. The number of halogens is 3. The zero-order valence-corrected chi connectivity index (χ0v) is 16.7. The third kappa shape index (κ3) is 5.99. The van der Waals surface area contributed by atoms with Gasteiger partial charge in [0, 0.05) is 25.3 Å². The minimum absolute atomic E-state index is 0. The molecule has 0 aliphatic carbocycles. The van der Waals surface area contributed by atoms with Crippen LogP contribution in [0.5, 0.6) is 0 Å². The van der Waals surface area contributed by atoms with Crippen molar-refractivity contribution in [1.82, 2.24) is 9.80 Å². The molecule has 24 heavy (non-hydrogen) atoms. The van der Waals surface area contributed by atoms with Gasteiger partial charge >= 0.3 is 0 Å². The summed E-state index contributed by atoms with van der Waals surface area (Å²) in [4.78, 5) is 16.9. The molecule has 138 valence electrons. The van der Waals surface area contributed by atoms with Crippen molar-refractivity contribution in [3.05, 3.63) is 28.8 Å². The molecule has 1 saturated heterocycles. The molecular formula is C17H28Cl3N3O. The van der Waals surface area contributed by atoms with Crippen LogP contribution in [0.4, 0.5) is 5.69 Å². The number of carbonyl (C=O) groups is 1. The van der Waals surface area contributed by atoms with Crippen molar-refractivity contribution in [2.75, 3.05) is 38.5 Å². The van der Waals surface area contributed by atoms with Gasteiger partial charge in [0.25, 0.3) is 5.91 Å². The lowest BCUT2D eigenvalue weighted by molar-refractivity contribution is 0.0670. The van der Waals surface area contributed by atoms with E-state index in [0.29, 0.717) is 22.2 Å². The highest BCUT2D eigenvalue weighted by atomic mass is 35.5. The molecule has 1 heterocycles. The van der Waals surface area contributed by atoms with Crippen LogP contribution in [0.25, 0.3) is 0 Å². The SMILES string of the molecule is CCN(CC)CC1CCN(C(=O)c2ccc(N)cc2Cl)CC1.Cl.Cl. The molecule has 0 atom stereocenters. The van der Waals surface area contributed by atoms with Crippen molar-refractivity contribution in [1.29, 1.82) is 0 Å². The average molecular weight is 397 g/mol. The minimum atomic E-state index is 0. The maximum Gasteiger partial charge on any atom is 0.255 e. The second kappa shape index (κ2) is 11.0. The minimum Gasteiger partial charge on any atom is -0.399 e. The Bertz CT molecular complexity index is 516. The average Bonchev–Trinajstić information content (AvgIpc) is 2.52. The van der Waals surface area contributed by atoms with E-state index >= 15 is 0 Å². The van der Waals surface area contributed by atoms with E-state index in [2.05, 4.69) is 18.7 Å². The quantitative estimate of drug-likeness (QED) is 0.766. The molecule has 2 N–H and O–H groups in total. The predicted molar refractivity (Wildman–Crippen MR) is 107 cm³/mol. The molecule has 0 unspecified atom stereocenters. The van der Waals surface area contributed by atoms with Crippen LogP contribution in [0.1, 0.15) is 37.0 Å². The Kier molecular flexibility index (Phi) is 10.7. The Hall–Kier alpha value is -0.680. The molecule has 0 spiro atoms. The second-order valence-corrected chi connectivity index (χ2v) is 6.37. The number of amides is 1. The third-order valence-electron chi connectivity index (χ3n) is 4.54. The number of anilines is 1. The zero-order valence-electron chi connectivity index (χ0n) is 14.3. The molecule has 4 nitrogen and oxygen atoms in total. The highest BCUT2D eigenvalue weighted by Crippen LogP contribution is 2.24. The van der Waals surface area contributed by atoms with E-state index in [1.807, 2.05) is 4.90 Å². The number of hydrogen-bond acceptors (Lipinski definition) is 3. The molecule has 0 aromatic heterocycles. The zero-order chi connectivity index (χ0) is 16.1. The van der Waals surface area contributed by atoms with Crippen molar-refractivity contribution >= 4 is 48.0 Å². The van der Waals surface area contributed by atoms with Crippen LogP contribution >= 0.6 is 36.4 Å². The van der Waals surface area contributed by atoms with Gasteiger partial charge in [-0.15, -0.1) is 24.8 Å². The lowest BCUT2D eigenvalue weighted by atomic mass is 9.95. The number of nitrogen functional groups attached to an aromatic ring is 1. The lowest BCUT2D eigenvalue weighted by Crippen LogP contribution is -2.41. The van der Waals surface area contributed by atoms with E-state index < -0.39 is 0 Å². The molecule has 0 radical (unpaired) electrons. The van der Waals surface area contributed by atoms with Crippen LogP contribution in [0.3, 0.4) is 0 Å². The summed E-state index contributed by atoms with van der Waals surface area (Å²) in [6.45, 7) is 9.35. The number of nitrogens with two attached hydrogens (primary N) is 1. The molecule has 1 fully saturated rings. The summed E-state index contributed by atoms with van der Waals surface area (Å²) in [5.41, 5.74) is 6.82. The van der Waals surface area contributed by atoms with Gasteiger partial charge < -0.3 is 15.5 Å². The van der Waals surface area contributed by atoms with Gasteiger partial charge in [-0.25, -0.2) is 0 Å². The first-order valence-corrected chi connectivity index (χ1v) is 8.49. The van der Waals surface area contributed by atoms with Gasteiger partial charge in [-0.3, -0.25) is 4.79 Å². The summed E-state index contributed by atoms with van der Waals surface area (Å²) in [6, 6.07) is 5.09. The summed E-state index contributed by atoms with van der Waals surface area (Å²) in [5, 5.41) is 0.440. The fourth-order valence-electron chi connectivity index (χ4n) is 3.04. The monoisotopic (exact) mass is 395 g/mol. The highest BCUT2D eigenvalue weighted by Gasteiger charge is 2.25. The fraction of sp³-hybridized carbons (Fsp3) is 0.588. The van der Waals surface area contributed by atoms with Crippen LogP contribution in [-0.4, -0.2) is 48.4 Å². The maximum absolute atomic E-state index is 12.6. The Balaban J connectivity index is 0.00000264. The number of carbonyl (C=O) groups excluding carboxylic acids is 1. The van der Waals surface area contributed by atoms with Gasteiger partial charge in [0.2, 0.25) is 0 Å². The van der Waals surface area contributed by atoms with Gasteiger partial charge in [-0.1, -0.05) is 25.4 Å². The van der Waals surface area contributed by atoms with Crippen LogP contribution in [0.2, 0.25) is 5.02 Å². The number of hydrogen-bond donors (Lipinski definition) is 1. The Morgan fingerprint density at radius 2 is 1.83 bits per heavy atom. The number of nitrogens with zero attached hydrogens (tertiary/aromatic N) is 2. The third-order valence-corrected chi connectivity index (χ3v) is 4.85.